The number of carbonyl (C=O) groups excluding carboxylic acids is 1. The van der Waals surface area contributed by atoms with Crippen molar-refractivity contribution in [1.82, 2.24) is 4.90 Å². The topological polar surface area (TPSA) is 49.8 Å². The highest BCUT2D eigenvalue weighted by Gasteiger charge is 2.40. The van der Waals surface area contributed by atoms with Crippen LogP contribution in [0.4, 0.5) is 4.79 Å². The molecule has 1 N–H and O–H groups in total. The average Bonchev–Trinajstić information content (AvgIpc) is 2.47. The van der Waals surface area contributed by atoms with Crippen molar-refractivity contribution in [3.63, 3.8) is 0 Å². The standard InChI is InChI=1S/C16H21NO3/c1-2-20-16(19)17-8-7-14-12(10-17)9-11-5-3-4-6-13(11)15(14)18/h3-6,12,14-15,18H,2,7-10H2,1H3/t12-,14-,15?/m1/s1. The van der Waals surface area contributed by atoms with Crippen molar-refractivity contribution in [3.8, 4) is 0 Å². The van der Waals surface area contributed by atoms with Crippen molar-refractivity contribution in [3.05, 3.63) is 35.4 Å². The molecule has 4 heteroatoms. The van der Waals surface area contributed by atoms with Crippen LogP contribution in [-0.4, -0.2) is 35.8 Å². The first-order chi connectivity index (χ1) is 9.70. The summed E-state index contributed by atoms with van der Waals surface area (Å²) in [5.74, 6) is 0.591. The number of aliphatic hydroxyl groups excluding tert-OH is 1. The lowest BCUT2D eigenvalue weighted by molar-refractivity contribution is 0.00410. The van der Waals surface area contributed by atoms with E-state index in [1.54, 1.807) is 4.90 Å². The molecule has 1 aliphatic carbocycles. The molecule has 4 nitrogen and oxygen atoms in total. The molecular weight excluding hydrogens is 254 g/mol. The minimum absolute atomic E-state index is 0.223. The van der Waals surface area contributed by atoms with E-state index >= 15 is 0 Å². The quantitative estimate of drug-likeness (QED) is 0.856. The Kier molecular flexibility index (Phi) is 3.66. The maximum absolute atomic E-state index is 11.8. The predicted molar refractivity (Wildman–Crippen MR) is 75.3 cm³/mol. The Hall–Kier alpha value is -1.55. The lowest BCUT2D eigenvalue weighted by Gasteiger charge is -2.43. The third-order valence-corrected chi connectivity index (χ3v) is 4.58. The number of ether oxygens (including phenoxy) is 1. The molecule has 108 valence electrons. The molecule has 0 saturated carbocycles. The van der Waals surface area contributed by atoms with E-state index in [2.05, 4.69) is 6.07 Å². The van der Waals surface area contributed by atoms with Crippen molar-refractivity contribution >= 4 is 6.09 Å². The maximum atomic E-state index is 11.8. The highest BCUT2D eigenvalue weighted by atomic mass is 16.6. The van der Waals surface area contributed by atoms with Crippen LogP contribution in [0.2, 0.25) is 0 Å². The number of likely N-dealkylation sites (tertiary alicyclic amines) is 1. The summed E-state index contributed by atoms with van der Waals surface area (Å²) < 4.78 is 5.08. The maximum Gasteiger partial charge on any atom is 0.409 e. The molecule has 1 aromatic rings. The number of amides is 1. The summed E-state index contributed by atoms with van der Waals surface area (Å²) in [5.41, 5.74) is 2.28. The molecule has 3 rings (SSSR count). The molecule has 1 unspecified atom stereocenters. The van der Waals surface area contributed by atoms with Gasteiger partial charge in [-0.2, -0.15) is 0 Å². The fourth-order valence-electron chi connectivity index (χ4n) is 3.58. The first kappa shape index (κ1) is 13.4. The predicted octanol–water partition coefficient (Wildman–Crippen LogP) is 2.37. The SMILES string of the molecule is CCOC(=O)N1CC[C@H]2C(O)c3ccccc3C[C@@H]2C1. The Balaban J connectivity index is 1.77. The van der Waals surface area contributed by atoms with Gasteiger partial charge in [0.1, 0.15) is 0 Å². The molecule has 1 aromatic carbocycles. The smallest absolute Gasteiger partial charge is 0.409 e. The monoisotopic (exact) mass is 275 g/mol. The van der Waals surface area contributed by atoms with E-state index in [1.807, 2.05) is 25.1 Å². The molecule has 1 aliphatic heterocycles. The zero-order valence-electron chi connectivity index (χ0n) is 11.8. The second-order valence-electron chi connectivity index (χ2n) is 5.71. The summed E-state index contributed by atoms with van der Waals surface area (Å²) in [6, 6.07) is 8.10. The van der Waals surface area contributed by atoms with Gasteiger partial charge in [-0.3, -0.25) is 0 Å². The molecule has 1 fully saturated rings. The second kappa shape index (κ2) is 5.44. The molecule has 20 heavy (non-hydrogen) atoms. The van der Waals surface area contributed by atoms with Crippen LogP contribution in [0.25, 0.3) is 0 Å². The summed E-state index contributed by atoms with van der Waals surface area (Å²) in [4.78, 5) is 13.6. The number of benzene rings is 1. The van der Waals surface area contributed by atoms with Crippen molar-refractivity contribution < 1.29 is 14.6 Å². The van der Waals surface area contributed by atoms with E-state index in [0.717, 1.165) is 18.4 Å². The van der Waals surface area contributed by atoms with Gasteiger partial charge < -0.3 is 14.7 Å². The molecular formula is C16H21NO3. The van der Waals surface area contributed by atoms with Crippen LogP contribution in [0, 0.1) is 11.8 Å². The largest absolute Gasteiger partial charge is 0.450 e. The van der Waals surface area contributed by atoms with Crippen molar-refractivity contribution in [2.24, 2.45) is 11.8 Å². The molecule has 1 saturated heterocycles. The zero-order chi connectivity index (χ0) is 14.1. The highest BCUT2D eigenvalue weighted by molar-refractivity contribution is 5.67. The van der Waals surface area contributed by atoms with E-state index in [9.17, 15) is 9.90 Å². The number of fused-ring (bicyclic) bond motifs is 2. The van der Waals surface area contributed by atoms with Crippen LogP contribution >= 0.6 is 0 Å². The van der Waals surface area contributed by atoms with Crippen LogP contribution in [-0.2, 0) is 11.2 Å². The summed E-state index contributed by atoms with van der Waals surface area (Å²) in [6.07, 6.45) is 1.17. The Morgan fingerprint density at radius 2 is 2.25 bits per heavy atom. The van der Waals surface area contributed by atoms with Crippen LogP contribution in [0.5, 0.6) is 0 Å². The molecule has 1 amide bonds. The molecule has 0 bridgehead atoms. The third kappa shape index (κ3) is 2.29. The molecule has 3 atom stereocenters. The second-order valence-corrected chi connectivity index (χ2v) is 5.71. The van der Waals surface area contributed by atoms with Crippen LogP contribution in [0.15, 0.2) is 24.3 Å². The van der Waals surface area contributed by atoms with Crippen molar-refractivity contribution in [2.75, 3.05) is 19.7 Å². The van der Waals surface area contributed by atoms with Gasteiger partial charge in [-0.25, -0.2) is 4.79 Å². The average molecular weight is 275 g/mol. The van der Waals surface area contributed by atoms with Crippen LogP contribution in [0.3, 0.4) is 0 Å². The third-order valence-electron chi connectivity index (χ3n) is 4.58. The van der Waals surface area contributed by atoms with E-state index < -0.39 is 6.10 Å². The van der Waals surface area contributed by atoms with Gasteiger partial charge in [0.2, 0.25) is 0 Å². The normalized spacial score (nSPS) is 28.5. The fraction of sp³-hybridized carbons (Fsp3) is 0.562. The van der Waals surface area contributed by atoms with E-state index in [-0.39, 0.29) is 12.0 Å². The first-order valence-electron chi connectivity index (χ1n) is 7.38. The van der Waals surface area contributed by atoms with E-state index in [0.29, 0.717) is 25.6 Å². The molecule has 0 radical (unpaired) electrons. The molecule has 2 aliphatic rings. The highest BCUT2D eigenvalue weighted by Crippen LogP contribution is 2.42. The summed E-state index contributed by atoms with van der Waals surface area (Å²) in [7, 11) is 0. The van der Waals surface area contributed by atoms with Gasteiger partial charge >= 0.3 is 6.09 Å². The molecule has 1 heterocycles. The van der Waals surface area contributed by atoms with Gasteiger partial charge in [0.15, 0.2) is 0 Å². The van der Waals surface area contributed by atoms with Gasteiger partial charge in [-0.15, -0.1) is 0 Å². The minimum atomic E-state index is -0.394. The fourth-order valence-corrected chi connectivity index (χ4v) is 3.58. The van der Waals surface area contributed by atoms with E-state index in [1.165, 1.54) is 5.56 Å². The van der Waals surface area contributed by atoms with Crippen LogP contribution in [0.1, 0.15) is 30.6 Å². The number of carbonyl (C=O) groups is 1. The van der Waals surface area contributed by atoms with Gasteiger partial charge in [0.05, 0.1) is 12.7 Å². The number of piperidine rings is 1. The molecule has 0 spiro atoms. The number of rotatable bonds is 1. The molecule has 0 aromatic heterocycles. The van der Waals surface area contributed by atoms with Gasteiger partial charge in [-0.1, -0.05) is 24.3 Å². The Bertz CT molecular complexity index is 502. The Morgan fingerprint density at radius 1 is 1.45 bits per heavy atom. The lowest BCUT2D eigenvalue weighted by Crippen LogP contribution is -2.47. The Labute approximate surface area is 119 Å². The van der Waals surface area contributed by atoms with Gasteiger partial charge in [-0.05, 0) is 42.7 Å². The number of hydrogen-bond donors (Lipinski definition) is 1. The minimum Gasteiger partial charge on any atom is -0.450 e. The van der Waals surface area contributed by atoms with Gasteiger partial charge in [0.25, 0.3) is 0 Å². The summed E-state index contributed by atoms with van der Waals surface area (Å²) >= 11 is 0. The van der Waals surface area contributed by atoms with Crippen LogP contribution < -0.4 is 0 Å². The first-order valence-corrected chi connectivity index (χ1v) is 7.38. The van der Waals surface area contributed by atoms with Gasteiger partial charge in [0, 0.05) is 13.1 Å². The van der Waals surface area contributed by atoms with Crippen molar-refractivity contribution in [1.29, 1.82) is 0 Å². The summed E-state index contributed by atoms with van der Waals surface area (Å²) in [6.45, 7) is 3.61. The number of hydrogen-bond acceptors (Lipinski definition) is 3. The summed E-state index contributed by atoms with van der Waals surface area (Å²) in [5, 5.41) is 10.6. The number of aliphatic hydroxyl groups is 1. The Morgan fingerprint density at radius 3 is 3.05 bits per heavy atom. The zero-order valence-corrected chi connectivity index (χ0v) is 11.8. The van der Waals surface area contributed by atoms with E-state index in [4.69, 9.17) is 4.74 Å². The van der Waals surface area contributed by atoms with Crippen molar-refractivity contribution in [2.45, 2.75) is 25.9 Å². The number of nitrogens with zero attached hydrogens (tertiary/aromatic N) is 1. The lowest BCUT2D eigenvalue weighted by atomic mass is 9.70.